The minimum Gasteiger partial charge on any atom is -0.494 e. The van der Waals surface area contributed by atoms with Crippen LogP contribution in [0, 0.1) is 13.8 Å². The van der Waals surface area contributed by atoms with Crippen LogP contribution in [0.25, 0.3) is 0 Å². The molecule has 0 saturated heterocycles. The van der Waals surface area contributed by atoms with Gasteiger partial charge in [-0.2, -0.15) is 0 Å². The number of ether oxygens (including phenoxy) is 1. The molecule has 0 unspecified atom stereocenters. The maximum Gasteiger partial charge on any atom is 0.121 e. The molecule has 0 heterocycles. The summed E-state index contributed by atoms with van der Waals surface area (Å²) in [6.07, 6.45) is 4.93. The molecule has 2 rings (SSSR count). The molecule has 0 amide bonds. The van der Waals surface area contributed by atoms with Crippen molar-refractivity contribution in [2.75, 3.05) is 30.3 Å². The molecule has 0 aliphatic carbocycles. The van der Waals surface area contributed by atoms with Crippen LogP contribution in [-0.2, 0) is 0 Å². The zero-order valence-electron chi connectivity index (χ0n) is 15.9. The van der Waals surface area contributed by atoms with Crippen LogP contribution in [0.1, 0.15) is 43.7 Å². The number of unbranched alkanes of at least 4 members (excludes halogenated alkanes) is 3. The average Bonchev–Trinajstić information content (AvgIpc) is 2.61. The molecule has 0 aliphatic rings. The molecule has 0 radical (unpaired) electrons. The molecule has 0 aliphatic heterocycles. The third-order valence-corrected chi connectivity index (χ3v) is 4.34. The first-order valence-corrected chi connectivity index (χ1v) is 9.47. The first-order chi connectivity index (χ1) is 12.2. The number of anilines is 2. The van der Waals surface area contributed by atoms with Crippen LogP contribution >= 0.6 is 0 Å². The van der Waals surface area contributed by atoms with Gasteiger partial charge in [0, 0.05) is 30.5 Å². The minimum atomic E-state index is 0.803. The molecular weight excluding hydrogens is 308 g/mol. The highest BCUT2D eigenvalue weighted by molar-refractivity contribution is 5.56. The quantitative estimate of drug-likeness (QED) is 0.508. The van der Waals surface area contributed by atoms with Crippen molar-refractivity contribution in [2.45, 2.75) is 46.5 Å². The number of rotatable bonds is 11. The second kappa shape index (κ2) is 10.7. The third-order valence-electron chi connectivity index (χ3n) is 4.34. The average molecular weight is 341 g/mol. The number of hydrogen-bond donors (Lipinski definition) is 2. The predicted molar refractivity (Wildman–Crippen MR) is 109 cm³/mol. The number of nitrogens with one attached hydrogen (secondary N) is 2. The zero-order chi connectivity index (χ0) is 17.9. The molecule has 0 bridgehead atoms. The van der Waals surface area contributed by atoms with Gasteiger partial charge in [-0.05, 0) is 43.5 Å². The summed E-state index contributed by atoms with van der Waals surface area (Å²) >= 11 is 0. The van der Waals surface area contributed by atoms with Gasteiger partial charge in [0.25, 0.3) is 0 Å². The Bertz CT molecular complexity index is 619. The molecule has 136 valence electrons. The Balaban J connectivity index is 1.73. The van der Waals surface area contributed by atoms with Gasteiger partial charge in [-0.15, -0.1) is 0 Å². The van der Waals surface area contributed by atoms with Crippen molar-refractivity contribution in [1.82, 2.24) is 0 Å². The highest BCUT2D eigenvalue weighted by Crippen LogP contribution is 2.20. The Morgan fingerprint density at radius 2 is 1.56 bits per heavy atom. The fourth-order valence-corrected chi connectivity index (χ4v) is 2.90. The Morgan fingerprint density at radius 1 is 0.840 bits per heavy atom. The van der Waals surface area contributed by atoms with Crippen molar-refractivity contribution < 1.29 is 4.74 Å². The second-order valence-corrected chi connectivity index (χ2v) is 6.56. The monoisotopic (exact) mass is 340 g/mol. The van der Waals surface area contributed by atoms with Gasteiger partial charge < -0.3 is 15.4 Å². The Morgan fingerprint density at radius 3 is 2.32 bits per heavy atom. The van der Waals surface area contributed by atoms with Crippen molar-refractivity contribution in [1.29, 1.82) is 0 Å². The smallest absolute Gasteiger partial charge is 0.121 e. The van der Waals surface area contributed by atoms with E-state index in [1.165, 1.54) is 36.1 Å². The molecule has 0 saturated carbocycles. The van der Waals surface area contributed by atoms with Gasteiger partial charge in [0.05, 0.1) is 6.61 Å². The van der Waals surface area contributed by atoms with E-state index in [4.69, 9.17) is 4.74 Å². The maximum absolute atomic E-state index is 5.84. The minimum absolute atomic E-state index is 0.803. The lowest BCUT2D eigenvalue weighted by molar-refractivity contribution is 0.305. The summed E-state index contributed by atoms with van der Waals surface area (Å²) in [5.74, 6) is 0.948. The highest BCUT2D eigenvalue weighted by Gasteiger charge is 2.01. The van der Waals surface area contributed by atoms with Crippen molar-refractivity contribution in [3.8, 4) is 5.75 Å². The predicted octanol–water partition coefficient (Wildman–Crippen LogP) is 5.79. The number of hydrogen-bond acceptors (Lipinski definition) is 3. The first kappa shape index (κ1) is 19.2. The summed E-state index contributed by atoms with van der Waals surface area (Å²) in [6.45, 7) is 9.07. The van der Waals surface area contributed by atoms with E-state index in [1.807, 2.05) is 12.1 Å². The van der Waals surface area contributed by atoms with Crippen LogP contribution in [0.5, 0.6) is 5.75 Å². The van der Waals surface area contributed by atoms with Crippen LogP contribution in [0.2, 0.25) is 0 Å². The van der Waals surface area contributed by atoms with E-state index < -0.39 is 0 Å². The zero-order valence-corrected chi connectivity index (χ0v) is 15.9. The topological polar surface area (TPSA) is 33.3 Å². The van der Waals surface area contributed by atoms with Gasteiger partial charge in [0.2, 0.25) is 0 Å². The molecule has 0 atom stereocenters. The molecule has 2 aromatic rings. The summed E-state index contributed by atoms with van der Waals surface area (Å²) in [5.41, 5.74) is 4.93. The van der Waals surface area contributed by atoms with Gasteiger partial charge in [0.15, 0.2) is 0 Å². The largest absolute Gasteiger partial charge is 0.494 e. The normalized spacial score (nSPS) is 10.5. The van der Waals surface area contributed by atoms with Crippen molar-refractivity contribution in [3.05, 3.63) is 53.6 Å². The number of para-hydroxylation sites is 1. The summed E-state index contributed by atoms with van der Waals surface area (Å²) in [4.78, 5) is 0. The van der Waals surface area contributed by atoms with Crippen LogP contribution in [0.4, 0.5) is 11.4 Å². The van der Waals surface area contributed by atoms with Crippen LogP contribution in [0.15, 0.2) is 42.5 Å². The van der Waals surface area contributed by atoms with Gasteiger partial charge in [-0.25, -0.2) is 0 Å². The standard InChI is InChI=1S/C22H32N2O/c1-4-5-6-7-16-25-21-13-9-12-20(17-21)23-14-15-24-22-18(2)10-8-11-19(22)3/h8-13,17,23-24H,4-7,14-16H2,1-3H3. The fraction of sp³-hybridized carbons (Fsp3) is 0.455. The lowest BCUT2D eigenvalue weighted by atomic mass is 10.1. The summed E-state index contributed by atoms with van der Waals surface area (Å²) in [7, 11) is 0. The number of aryl methyl sites for hydroxylation is 2. The van der Waals surface area contributed by atoms with Crippen LogP contribution in [-0.4, -0.2) is 19.7 Å². The van der Waals surface area contributed by atoms with Gasteiger partial charge in [0.1, 0.15) is 5.75 Å². The van der Waals surface area contributed by atoms with E-state index in [9.17, 15) is 0 Å². The van der Waals surface area contributed by atoms with E-state index in [1.54, 1.807) is 0 Å². The molecular formula is C22H32N2O. The summed E-state index contributed by atoms with van der Waals surface area (Å²) < 4.78 is 5.84. The van der Waals surface area contributed by atoms with Crippen molar-refractivity contribution in [3.63, 3.8) is 0 Å². The SMILES string of the molecule is CCCCCCOc1cccc(NCCNc2c(C)cccc2C)c1. The lowest BCUT2D eigenvalue weighted by Crippen LogP contribution is -2.14. The molecule has 3 heteroatoms. The molecule has 2 N–H and O–H groups in total. The van der Waals surface area contributed by atoms with E-state index in [-0.39, 0.29) is 0 Å². The maximum atomic E-state index is 5.84. The van der Waals surface area contributed by atoms with E-state index in [2.05, 4.69) is 61.7 Å². The molecule has 3 nitrogen and oxygen atoms in total. The van der Waals surface area contributed by atoms with E-state index >= 15 is 0 Å². The van der Waals surface area contributed by atoms with E-state index in [0.29, 0.717) is 0 Å². The Hall–Kier alpha value is -2.16. The third kappa shape index (κ3) is 6.69. The van der Waals surface area contributed by atoms with E-state index in [0.717, 1.165) is 37.6 Å². The lowest BCUT2D eigenvalue weighted by Gasteiger charge is -2.14. The van der Waals surface area contributed by atoms with Gasteiger partial charge in [-0.1, -0.05) is 50.5 Å². The van der Waals surface area contributed by atoms with Crippen LogP contribution in [0.3, 0.4) is 0 Å². The first-order valence-electron chi connectivity index (χ1n) is 9.47. The van der Waals surface area contributed by atoms with Crippen LogP contribution < -0.4 is 15.4 Å². The number of benzene rings is 2. The summed E-state index contributed by atoms with van der Waals surface area (Å²) in [6, 6.07) is 14.6. The Kier molecular flexibility index (Phi) is 8.17. The molecule has 0 spiro atoms. The summed E-state index contributed by atoms with van der Waals surface area (Å²) in [5, 5.41) is 6.99. The Labute approximate surface area is 152 Å². The van der Waals surface area contributed by atoms with Gasteiger partial charge >= 0.3 is 0 Å². The second-order valence-electron chi connectivity index (χ2n) is 6.56. The van der Waals surface area contributed by atoms with Gasteiger partial charge in [-0.3, -0.25) is 0 Å². The molecule has 25 heavy (non-hydrogen) atoms. The molecule has 2 aromatic carbocycles. The molecule has 0 aromatic heterocycles. The fourth-order valence-electron chi connectivity index (χ4n) is 2.90. The van der Waals surface area contributed by atoms with Crippen molar-refractivity contribution in [2.24, 2.45) is 0 Å². The highest BCUT2D eigenvalue weighted by atomic mass is 16.5. The van der Waals surface area contributed by atoms with Crippen molar-refractivity contribution >= 4 is 11.4 Å². The molecule has 0 fully saturated rings.